The van der Waals surface area contributed by atoms with Crippen molar-refractivity contribution in [3.05, 3.63) is 89.1 Å². The second-order valence-corrected chi connectivity index (χ2v) is 8.06. The predicted molar refractivity (Wildman–Crippen MR) is 113 cm³/mol. The highest BCUT2D eigenvalue weighted by molar-refractivity contribution is 5.92. The second-order valence-electron chi connectivity index (χ2n) is 8.06. The zero-order chi connectivity index (χ0) is 22.7. The fourth-order valence-corrected chi connectivity index (χ4v) is 3.45. The molecule has 3 aromatic rings. The highest BCUT2D eigenvalue weighted by Crippen LogP contribution is 2.30. The zero-order valence-electron chi connectivity index (χ0n) is 17.6. The van der Waals surface area contributed by atoms with E-state index in [2.05, 4.69) is 10.3 Å². The lowest BCUT2D eigenvalue weighted by Crippen LogP contribution is -2.27. The van der Waals surface area contributed by atoms with Crippen LogP contribution in [0, 0.1) is 0 Å². The second kappa shape index (κ2) is 9.16. The van der Waals surface area contributed by atoms with Gasteiger partial charge in [-0.05, 0) is 43.0 Å². The van der Waals surface area contributed by atoms with E-state index < -0.39 is 11.7 Å². The minimum Gasteiger partial charge on any atom is -0.447 e. The number of oxazole rings is 1. The summed E-state index contributed by atoms with van der Waals surface area (Å²) in [5, 5.41) is 2.88. The molecular weight excluding hydrogens is 419 g/mol. The van der Waals surface area contributed by atoms with E-state index in [1.165, 1.54) is 18.4 Å². The topological polar surface area (TPSA) is 58.4 Å². The average Bonchev–Trinajstić information content (AvgIpc) is 3.47. The minimum absolute atomic E-state index is 0.0610. The van der Waals surface area contributed by atoms with Crippen LogP contribution < -0.4 is 5.32 Å². The third-order valence-corrected chi connectivity index (χ3v) is 5.53. The maximum Gasteiger partial charge on any atom is 0.416 e. The van der Waals surface area contributed by atoms with Gasteiger partial charge >= 0.3 is 6.18 Å². The van der Waals surface area contributed by atoms with Crippen molar-refractivity contribution < 1.29 is 22.4 Å². The van der Waals surface area contributed by atoms with E-state index >= 15 is 0 Å². The van der Waals surface area contributed by atoms with Gasteiger partial charge in [0.1, 0.15) is 6.26 Å². The van der Waals surface area contributed by atoms with Crippen LogP contribution in [0.15, 0.2) is 65.3 Å². The van der Waals surface area contributed by atoms with E-state index in [9.17, 15) is 18.0 Å². The van der Waals surface area contributed by atoms with E-state index in [1.807, 2.05) is 42.2 Å². The van der Waals surface area contributed by atoms with Gasteiger partial charge in [-0.1, -0.05) is 42.5 Å². The fraction of sp³-hybridized carbons (Fsp3) is 0.333. The van der Waals surface area contributed by atoms with Gasteiger partial charge in [0.25, 0.3) is 5.91 Å². The number of carbonyl (C=O) groups excluding carboxylic acids is 1. The molecule has 1 fully saturated rings. The molecule has 4 rings (SSSR count). The molecule has 0 bridgehead atoms. The van der Waals surface area contributed by atoms with Crippen LogP contribution in [0.1, 0.15) is 58.9 Å². The van der Waals surface area contributed by atoms with Crippen LogP contribution in [0.5, 0.6) is 0 Å². The summed E-state index contributed by atoms with van der Waals surface area (Å²) in [6, 6.07) is 15.1. The Hall–Kier alpha value is -3.13. The summed E-state index contributed by atoms with van der Waals surface area (Å²) in [6.45, 7) is 2.71. The van der Waals surface area contributed by atoms with E-state index in [4.69, 9.17) is 4.42 Å². The van der Waals surface area contributed by atoms with Crippen LogP contribution in [0.4, 0.5) is 13.2 Å². The molecule has 1 atom stereocenters. The summed E-state index contributed by atoms with van der Waals surface area (Å²) >= 11 is 0. The minimum atomic E-state index is -4.37. The van der Waals surface area contributed by atoms with Gasteiger partial charge in [0, 0.05) is 18.6 Å². The van der Waals surface area contributed by atoms with Gasteiger partial charge in [-0.15, -0.1) is 0 Å². The van der Waals surface area contributed by atoms with Crippen LogP contribution in [-0.2, 0) is 19.3 Å². The number of aromatic nitrogens is 1. The first-order valence-electron chi connectivity index (χ1n) is 10.5. The lowest BCUT2D eigenvalue weighted by molar-refractivity contribution is -0.137. The highest BCUT2D eigenvalue weighted by Gasteiger charge is 2.30. The first-order valence-corrected chi connectivity index (χ1v) is 10.5. The largest absolute Gasteiger partial charge is 0.447 e. The Kier molecular flexibility index (Phi) is 6.32. The summed E-state index contributed by atoms with van der Waals surface area (Å²) in [6.07, 6.45) is -1.07. The normalized spacial score (nSPS) is 15.0. The van der Waals surface area contributed by atoms with E-state index in [1.54, 1.807) is 0 Å². The van der Waals surface area contributed by atoms with Crippen molar-refractivity contribution in [3.8, 4) is 0 Å². The first-order chi connectivity index (χ1) is 15.3. The Morgan fingerprint density at radius 1 is 1.12 bits per heavy atom. The lowest BCUT2D eigenvalue weighted by Gasteiger charge is -2.28. The van der Waals surface area contributed by atoms with Gasteiger partial charge in [-0.3, -0.25) is 9.69 Å². The number of hydrogen-bond donors (Lipinski definition) is 1. The molecule has 32 heavy (non-hydrogen) atoms. The van der Waals surface area contributed by atoms with E-state index in [0.717, 1.165) is 36.1 Å². The van der Waals surface area contributed by atoms with Gasteiger partial charge in [-0.2, -0.15) is 13.2 Å². The molecule has 0 radical (unpaired) electrons. The Labute approximate surface area is 184 Å². The molecule has 1 aromatic heterocycles. The molecule has 1 amide bonds. The van der Waals surface area contributed by atoms with Gasteiger partial charge in [0.05, 0.1) is 12.1 Å². The number of carbonyl (C=O) groups is 1. The Morgan fingerprint density at radius 3 is 2.44 bits per heavy atom. The van der Waals surface area contributed by atoms with E-state index in [-0.39, 0.29) is 23.7 Å². The summed E-state index contributed by atoms with van der Waals surface area (Å²) in [5.74, 6) is 0.119. The number of halogens is 3. The number of nitrogens with one attached hydrogen (secondary N) is 1. The van der Waals surface area contributed by atoms with Crippen molar-refractivity contribution in [1.29, 1.82) is 0 Å². The zero-order valence-corrected chi connectivity index (χ0v) is 17.6. The van der Waals surface area contributed by atoms with Crippen LogP contribution in [-0.4, -0.2) is 21.8 Å². The molecule has 0 spiro atoms. The molecule has 1 heterocycles. The molecule has 8 heteroatoms. The third-order valence-electron chi connectivity index (χ3n) is 5.53. The van der Waals surface area contributed by atoms with Gasteiger partial charge in [-0.25, -0.2) is 4.98 Å². The fourth-order valence-electron chi connectivity index (χ4n) is 3.45. The van der Waals surface area contributed by atoms with Crippen molar-refractivity contribution in [2.24, 2.45) is 0 Å². The number of amides is 1. The van der Waals surface area contributed by atoms with Crippen molar-refractivity contribution in [2.45, 2.75) is 51.1 Å². The van der Waals surface area contributed by atoms with Crippen LogP contribution in [0.2, 0.25) is 0 Å². The molecule has 168 valence electrons. The number of benzene rings is 2. The van der Waals surface area contributed by atoms with Crippen LogP contribution in [0.25, 0.3) is 0 Å². The first kappa shape index (κ1) is 22.1. The van der Waals surface area contributed by atoms with Crippen molar-refractivity contribution in [1.82, 2.24) is 15.2 Å². The number of hydrogen-bond acceptors (Lipinski definition) is 4. The van der Waals surface area contributed by atoms with Crippen molar-refractivity contribution in [3.63, 3.8) is 0 Å². The number of alkyl halides is 3. The molecule has 0 saturated heterocycles. The van der Waals surface area contributed by atoms with Crippen LogP contribution >= 0.6 is 0 Å². The molecular formula is C24H24F3N3O2. The average molecular weight is 443 g/mol. The Bertz CT molecular complexity index is 1040. The van der Waals surface area contributed by atoms with Crippen molar-refractivity contribution in [2.75, 3.05) is 0 Å². The van der Waals surface area contributed by atoms with Crippen LogP contribution in [0.3, 0.4) is 0 Å². The Morgan fingerprint density at radius 2 is 1.81 bits per heavy atom. The molecule has 1 saturated carbocycles. The summed E-state index contributed by atoms with van der Waals surface area (Å²) in [7, 11) is 0. The maximum absolute atomic E-state index is 12.9. The quantitative estimate of drug-likeness (QED) is 0.510. The molecule has 1 aliphatic rings. The monoisotopic (exact) mass is 443 g/mol. The highest BCUT2D eigenvalue weighted by atomic mass is 19.4. The number of rotatable bonds is 8. The van der Waals surface area contributed by atoms with Gasteiger partial charge in [0.2, 0.25) is 5.89 Å². The molecule has 0 aliphatic heterocycles. The molecule has 2 aromatic carbocycles. The van der Waals surface area contributed by atoms with E-state index in [0.29, 0.717) is 19.0 Å². The predicted octanol–water partition coefficient (Wildman–Crippen LogP) is 5.35. The van der Waals surface area contributed by atoms with Gasteiger partial charge in [0.15, 0.2) is 5.69 Å². The molecule has 1 aliphatic carbocycles. The molecule has 5 nitrogen and oxygen atoms in total. The Balaban J connectivity index is 1.52. The summed E-state index contributed by atoms with van der Waals surface area (Å²) in [5.41, 5.74) is 1.34. The molecule has 1 unspecified atom stereocenters. The van der Waals surface area contributed by atoms with Gasteiger partial charge < -0.3 is 9.73 Å². The summed E-state index contributed by atoms with van der Waals surface area (Å²) < 4.78 is 44.3. The maximum atomic E-state index is 12.9. The number of nitrogens with zero attached hydrogens (tertiary/aromatic N) is 2. The standard InChI is InChI=1S/C24H24F3N3O2/c1-16(18-5-3-2-4-6-18)30(13-17-7-9-19(10-8-17)24(25,26)27)14-22-29-21(15-32-22)23(31)28-20-11-12-20/h2-10,15-16,20H,11-14H2,1H3,(H,28,31). The SMILES string of the molecule is CC(c1ccccc1)N(Cc1ccc(C(F)(F)F)cc1)Cc1nc(C(=O)NC2CC2)co1. The third kappa shape index (κ3) is 5.56. The smallest absolute Gasteiger partial charge is 0.416 e. The molecule has 1 N–H and O–H groups in total. The lowest BCUT2D eigenvalue weighted by atomic mass is 10.1. The summed E-state index contributed by atoms with van der Waals surface area (Å²) in [4.78, 5) is 18.6. The van der Waals surface area contributed by atoms with Crippen molar-refractivity contribution >= 4 is 5.91 Å².